The van der Waals surface area contributed by atoms with Gasteiger partial charge >= 0.3 is 0 Å². The van der Waals surface area contributed by atoms with Gasteiger partial charge in [-0.15, -0.1) is 10.2 Å². The monoisotopic (exact) mass is 409 g/mol. The van der Waals surface area contributed by atoms with Gasteiger partial charge in [0.1, 0.15) is 5.82 Å². The van der Waals surface area contributed by atoms with Crippen molar-refractivity contribution in [3.05, 3.63) is 48.0 Å². The lowest BCUT2D eigenvalue weighted by Crippen LogP contribution is -2.38. The minimum absolute atomic E-state index is 0.0327. The van der Waals surface area contributed by atoms with Gasteiger partial charge in [-0.25, -0.2) is 4.39 Å². The maximum absolute atomic E-state index is 14.2. The Morgan fingerprint density at radius 1 is 1.23 bits per heavy atom. The number of amides is 2. The standard InChI is InChI=1S/C22H24FN5O2/c1-3-20(29)25-15-4-5-16(12-15)28(2)22(30)19-7-6-18(26-27-19)14-10-13-8-9-24-21(13)17(23)11-14/h6-11,15-16,24H,3-5,12H2,1-2H3,(H,25,29)/t15?,16-/m1/s1. The molecule has 0 saturated heterocycles. The molecule has 30 heavy (non-hydrogen) atoms. The second-order valence-corrected chi connectivity index (χ2v) is 7.70. The highest BCUT2D eigenvalue weighted by Gasteiger charge is 2.31. The van der Waals surface area contributed by atoms with E-state index in [2.05, 4.69) is 20.5 Å². The van der Waals surface area contributed by atoms with Crippen molar-refractivity contribution in [2.45, 2.75) is 44.7 Å². The van der Waals surface area contributed by atoms with E-state index in [9.17, 15) is 14.0 Å². The first-order valence-electron chi connectivity index (χ1n) is 10.1. The van der Waals surface area contributed by atoms with E-state index in [0.717, 1.165) is 24.6 Å². The molecule has 0 radical (unpaired) electrons. The summed E-state index contributed by atoms with van der Waals surface area (Å²) in [7, 11) is 1.75. The molecule has 0 spiro atoms. The zero-order valence-electron chi connectivity index (χ0n) is 17.0. The fourth-order valence-electron chi connectivity index (χ4n) is 3.99. The van der Waals surface area contributed by atoms with E-state index in [4.69, 9.17) is 0 Å². The predicted octanol–water partition coefficient (Wildman–Crippen LogP) is 3.28. The number of H-pyrrole nitrogens is 1. The van der Waals surface area contributed by atoms with Crippen molar-refractivity contribution in [1.82, 2.24) is 25.4 Å². The van der Waals surface area contributed by atoms with E-state index in [-0.39, 0.29) is 35.4 Å². The molecular formula is C22H24FN5O2. The number of nitrogens with zero attached hydrogens (tertiary/aromatic N) is 3. The van der Waals surface area contributed by atoms with Crippen molar-refractivity contribution in [2.75, 3.05) is 7.05 Å². The zero-order valence-corrected chi connectivity index (χ0v) is 17.0. The van der Waals surface area contributed by atoms with Crippen LogP contribution in [0.3, 0.4) is 0 Å². The lowest BCUT2D eigenvalue weighted by atomic mass is 10.1. The van der Waals surface area contributed by atoms with Crippen molar-refractivity contribution < 1.29 is 14.0 Å². The molecule has 2 heterocycles. The molecule has 8 heteroatoms. The third-order valence-electron chi connectivity index (χ3n) is 5.75. The Morgan fingerprint density at radius 3 is 2.80 bits per heavy atom. The minimum atomic E-state index is -0.361. The number of fused-ring (bicyclic) bond motifs is 1. The molecule has 1 aliphatic rings. The molecule has 3 aromatic rings. The summed E-state index contributed by atoms with van der Waals surface area (Å²) < 4.78 is 14.2. The van der Waals surface area contributed by atoms with Crippen LogP contribution in [0.2, 0.25) is 0 Å². The first kappa shape index (κ1) is 20.0. The summed E-state index contributed by atoms with van der Waals surface area (Å²) in [6.07, 6.45) is 4.56. The molecule has 7 nitrogen and oxygen atoms in total. The number of hydrogen-bond donors (Lipinski definition) is 2. The smallest absolute Gasteiger partial charge is 0.274 e. The molecule has 0 aliphatic heterocycles. The Kier molecular flexibility index (Phi) is 5.48. The van der Waals surface area contributed by atoms with E-state index >= 15 is 0 Å². The van der Waals surface area contributed by atoms with Crippen LogP contribution in [-0.4, -0.2) is 51.0 Å². The number of carbonyl (C=O) groups is 2. The molecule has 0 bridgehead atoms. The third-order valence-corrected chi connectivity index (χ3v) is 5.75. The van der Waals surface area contributed by atoms with Crippen molar-refractivity contribution in [1.29, 1.82) is 0 Å². The number of nitrogens with one attached hydrogen (secondary N) is 2. The minimum Gasteiger partial charge on any atom is -0.359 e. The van der Waals surface area contributed by atoms with Crippen LogP contribution in [0.5, 0.6) is 0 Å². The van der Waals surface area contributed by atoms with E-state index in [0.29, 0.717) is 23.2 Å². The van der Waals surface area contributed by atoms with Crippen molar-refractivity contribution >= 4 is 22.7 Å². The van der Waals surface area contributed by atoms with E-state index in [1.165, 1.54) is 6.07 Å². The highest BCUT2D eigenvalue weighted by atomic mass is 19.1. The normalized spacial score (nSPS) is 18.5. The maximum atomic E-state index is 14.2. The molecule has 1 fully saturated rings. The van der Waals surface area contributed by atoms with Crippen LogP contribution in [0.15, 0.2) is 36.5 Å². The Balaban J connectivity index is 1.45. The lowest BCUT2D eigenvalue weighted by Gasteiger charge is -2.24. The van der Waals surface area contributed by atoms with Gasteiger partial charge in [0, 0.05) is 42.7 Å². The summed E-state index contributed by atoms with van der Waals surface area (Å²) in [5.41, 5.74) is 1.79. The van der Waals surface area contributed by atoms with Gasteiger partial charge < -0.3 is 15.2 Å². The number of aromatic amines is 1. The van der Waals surface area contributed by atoms with Gasteiger partial charge in [-0.1, -0.05) is 6.92 Å². The van der Waals surface area contributed by atoms with Gasteiger partial charge in [-0.3, -0.25) is 9.59 Å². The number of aromatic nitrogens is 3. The van der Waals surface area contributed by atoms with Crippen LogP contribution in [0, 0.1) is 5.82 Å². The molecule has 2 aromatic heterocycles. The summed E-state index contributed by atoms with van der Waals surface area (Å²) in [6.45, 7) is 1.82. The van der Waals surface area contributed by atoms with Gasteiger partial charge in [0.15, 0.2) is 5.69 Å². The molecule has 1 saturated carbocycles. The Morgan fingerprint density at radius 2 is 2.07 bits per heavy atom. The molecular weight excluding hydrogens is 385 g/mol. The summed E-state index contributed by atoms with van der Waals surface area (Å²) >= 11 is 0. The van der Waals surface area contributed by atoms with Gasteiger partial charge in [-0.2, -0.15) is 0 Å². The van der Waals surface area contributed by atoms with Gasteiger partial charge in [-0.05, 0) is 49.6 Å². The summed E-state index contributed by atoms with van der Waals surface area (Å²) in [5.74, 6) is -0.542. The number of rotatable bonds is 5. The first-order valence-corrected chi connectivity index (χ1v) is 10.1. The van der Waals surface area contributed by atoms with Crippen LogP contribution in [-0.2, 0) is 4.79 Å². The summed E-state index contributed by atoms with van der Waals surface area (Å²) in [6, 6.07) is 8.47. The highest BCUT2D eigenvalue weighted by molar-refractivity contribution is 5.92. The van der Waals surface area contributed by atoms with Crippen molar-refractivity contribution in [3.63, 3.8) is 0 Å². The van der Waals surface area contributed by atoms with E-state index in [1.807, 2.05) is 13.0 Å². The van der Waals surface area contributed by atoms with Crippen LogP contribution < -0.4 is 5.32 Å². The van der Waals surface area contributed by atoms with Crippen molar-refractivity contribution in [2.24, 2.45) is 0 Å². The molecule has 2 atom stereocenters. The van der Waals surface area contributed by atoms with Crippen LogP contribution >= 0.6 is 0 Å². The molecule has 2 amide bonds. The number of carbonyl (C=O) groups excluding carboxylic acids is 2. The molecule has 156 valence electrons. The number of hydrogen-bond acceptors (Lipinski definition) is 4. The Hall–Kier alpha value is -3.29. The lowest BCUT2D eigenvalue weighted by molar-refractivity contribution is -0.121. The second kappa shape index (κ2) is 8.22. The third kappa shape index (κ3) is 3.90. The topological polar surface area (TPSA) is 91.0 Å². The molecule has 1 unspecified atom stereocenters. The Labute approximate surface area is 173 Å². The molecule has 1 aliphatic carbocycles. The first-order chi connectivity index (χ1) is 14.5. The molecule has 1 aromatic carbocycles. The largest absolute Gasteiger partial charge is 0.359 e. The zero-order chi connectivity index (χ0) is 21.3. The number of halogens is 1. The second-order valence-electron chi connectivity index (χ2n) is 7.70. The van der Waals surface area contributed by atoms with E-state index < -0.39 is 0 Å². The van der Waals surface area contributed by atoms with Crippen LogP contribution in [0.1, 0.15) is 43.1 Å². The predicted molar refractivity (Wildman–Crippen MR) is 111 cm³/mol. The maximum Gasteiger partial charge on any atom is 0.274 e. The number of benzene rings is 1. The Bertz CT molecular complexity index is 1080. The average molecular weight is 409 g/mol. The quantitative estimate of drug-likeness (QED) is 0.677. The summed E-state index contributed by atoms with van der Waals surface area (Å²) in [5, 5.41) is 12.0. The van der Waals surface area contributed by atoms with Crippen molar-refractivity contribution in [3.8, 4) is 11.3 Å². The molecule has 2 N–H and O–H groups in total. The highest BCUT2D eigenvalue weighted by Crippen LogP contribution is 2.26. The van der Waals surface area contributed by atoms with Crippen LogP contribution in [0.4, 0.5) is 4.39 Å². The van der Waals surface area contributed by atoms with E-state index in [1.54, 1.807) is 36.3 Å². The van der Waals surface area contributed by atoms with Gasteiger partial charge in [0.05, 0.1) is 11.2 Å². The SMILES string of the molecule is CCC(=O)NC1CC[C@@H](N(C)C(=O)c2ccc(-c3cc(F)c4[nH]ccc4c3)nn2)C1. The summed E-state index contributed by atoms with van der Waals surface area (Å²) in [4.78, 5) is 29.0. The molecule has 4 rings (SSSR count). The fourth-order valence-corrected chi connectivity index (χ4v) is 3.99. The fraction of sp³-hybridized carbons (Fsp3) is 0.364. The van der Waals surface area contributed by atoms with Gasteiger partial charge in [0.25, 0.3) is 5.91 Å². The average Bonchev–Trinajstić information content (AvgIpc) is 3.42. The van der Waals surface area contributed by atoms with Gasteiger partial charge in [0.2, 0.25) is 5.91 Å². The van der Waals surface area contributed by atoms with Crippen LogP contribution in [0.25, 0.3) is 22.2 Å².